The fourth-order valence-electron chi connectivity index (χ4n) is 1.93. The van der Waals surface area contributed by atoms with Crippen LogP contribution in [-0.4, -0.2) is 6.03 Å². The van der Waals surface area contributed by atoms with E-state index in [2.05, 4.69) is 10.6 Å². The molecule has 0 heterocycles. The average molecular weight is 268 g/mol. The van der Waals surface area contributed by atoms with E-state index >= 15 is 0 Å². The zero-order valence-electron chi connectivity index (χ0n) is 11.9. The van der Waals surface area contributed by atoms with E-state index in [9.17, 15) is 4.79 Å². The van der Waals surface area contributed by atoms with Crippen LogP contribution in [-0.2, 0) is 13.1 Å². The van der Waals surface area contributed by atoms with Gasteiger partial charge in [0.25, 0.3) is 0 Å². The summed E-state index contributed by atoms with van der Waals surface area (Å²) in [5.74, 6) is 0. The number of nitrogens with one attached hydrogen (secondary N) is 2. The van der Waals surface area contributed by atoms with Crippen molar-refractivity contribution in [2.75, 3.05) is 0 Å². The molecule has 0 aliphatic rings. The lowest BCUT2D eigenvalue weighted by atomic mass is 10.1. The molecule has 3 nitrogen and oxygen atoms in total. The molecular formula is C17H20N2O. The highest BCUT2D eigenvalue weighted by Crippen LogP contribution is 2.06. The molecule has 20 heavy (non-hydrogen) atoms. The maximum absolute atomic E-state index is 11.7. The summed E-state index contributed by atoms with van der Waals surface area (Å²) in [5.41, 5.74) is 4.64. The summed E-state index contributed by atoms with van der Waals surface area (Å²) in [6.07, 6.45) is 0. The predicted octanol–water partition coefficient (Wildman–Crippen LogP) is 3.30. The van der Waals surface area contributed by atoms with Gasteiger partial charge in [-0.2, -0.15) is 0 Å². The smallest absolute Gasteiger partial charge is 0.315 e. The number of hydrogen-bond donors (Lipinski definition) is 2. The Bertz CT molecular complexity index is 576. The summed E-state index contributed by atoms with van der Waals surface area (Å²) in [5, 5.41) is 5.73. The third kappa shape index (κ3) is 4.12. The predicted molar refractivity (Wildman–Crippen MR) is 81.4 cm³/mol. The molecule has 2 aromatic carbocycles. The van der Waals surface area contributed by atoms with Crippen molar-refractivity contribution in [2.24, 2.45) is 0 Å². The molecule has 0 saturated carbocycles. The zero-order chi connectivity index (χ0) is 14.4. The van der Waals surface area contributed by atoms with Gasteiger partial charge >= 0.3 is 6.03 Å². The lowest BCUT2D eigenvalue weighted by molar-refractivity contribution is 0.240. The molecule has 0 spiro atoms. The highest BCUT2D eigenvalue weighted by Gasteiger charge is 2.02. The molecule has 0 aliphatic heterocycles. The second-order valence-electron chi connectivity index (χ2n) is 4.95. The highest BCUT2D eigenvalue weighted by molar-refractivity contribution is 5.73. The summed E-state index contributed by atoms with van der Waals surface area (Å²) in [4.78, 5) is 11.7. The van der Waals surface area contributed by atoms with Gasteiger partial charge in [-0.15, -0.1) is 0 Å². The molecule has 2 rings (SSSR count). The molecule has 104 valence electrons. The van der Waals surface area contributed by atoms with Crippen LogP contribution in [0.1, 0.15) is 22.3 Å². The first-order chi connectivity index (χ1) is 9.65. The van der Waals surface area contributed by atoms with Gasteiger partial charge in [-0.1, -0.05) is 54.1 Å². The van der Waals surface area contributed by atoms with E-state index in [0.717, 1.165) is 11.1 Å². The Labute approximate surface area is 120 Å². The van der Waals surface area contributed by atoms with Crippen LogP contribution in [0.4, 0.5) is 4.79 Å². The van der Waals surface area contributed by atoms with Crippen molar-refractivity contribution in [2.45, 2.75) is 26.9 Å². The normalized spacial score (nSPS) is 10.1. The Morgan fingerprint density at radius 1 is 0.900 bits per heavy atom. The monoisotopic (exact) mass is 268 g/mol. The van der Waals surface area contributed by atoms with E-state index in [1.165, 1.54) is 11.1 Å². The molecule has 0 radical (unpaired) electrons. The minimum Gasteiger partial charge on any atom is -0.334 e. The van der Waals surface area contributed by atoms with Gasteiger partial charge in [0, 0.05) is 13.1 Å². The summed E-state index contributed by atoms with van der Waals surface area (Å²) < 4.78 is 0. The van der Waals surface area contributed by atoms with Crippen LogP contribution in [0.5, 0.6) is 0 Å². The summed E-state index contributed by atoms with van der Waals surface area (Å²) in [6.45, 7) is 5.18. The molecule has 0 aromatic heterocycles. The van der Waals surface area contributed by atoms with Crippen LogP contribution < -0.4 is 10.6 Å². The first kappa shape index (κ1) is 14.1. The van der Waals surface area contributed by atoms with E-state index in [1.807, 2.05) is 62.4 Å². The van der Waals surface area contributed by atoms with Crippen molar-refractivity contribution in [3.05, 3.63) is 70.8 Å². The van der Waals surface area contributed by atoms with Crippen LogP contribution >= 0.6 is 0 Å². The van der Waals surface area contributed by atoms with Crippen molar-refractivity contribution in [1.29, 1.82) is 0 Å². The molecular weight excluding hydrogens is 248 g/mol. The van der Waals surface area contributed by atoms with Gasteiger partial charge in [0.15, 0.2) is 0 Å². The van der Waals surface area contributed by atoms with Gasteiger partial charge in [-0.05, 0) is 30.5 Å². The molecule has 0 atom stereocenters. The Morgan fingerprint density at radius 2 is 1.55 bits per heavy atom. The fourth-order valence-corrected chi connectivity index (χ4v) is 1.93. The van der Waals surface area contributed by atoms with Crippen molar-refractivity contribution in [3.8, 4) is 0 Å². The molecule has 2 amide bonds. The Kier molecular flexibility index (Phi) is 4.77. The number of aryl methyl sites for hydroxylation is 2. The van der Waals surface area contributed by atoms with E-state index in [4.69, 9.17) is 0 Å². The quantitative estimate of drug-likeness (QED) is 0.877. The van der Waals surface area contributed by atoms with Gasteiger partial charge in [-0.3, -0.25) is 0 Å². The van der Waals surface area contributed by atoms with Crippen LogP contribution in [0.15, 0.2) is 48.5 Å². The topological polar surface area (TPSA) is 41.1 Å². The highest BCUT2D eigenvalue weighted by atomic mass is 16.2. The number of hydrogen-bond acceptors (Lipinski definition) is 1. The van der Waals surface area contributed by atoms with Gasteiger partial charge in [0.05, 0.1) is 0 Å². The molecule has 0 bridgehead atoms. The molecule has 0 saturated heterocycles. The number of benzene rings is 2. The van der Waals surface area contributed by atoms with Gasteiger partial charge < -0.3 is 10.6 Å². The number of amides is 2. The Balaban J connectivity index is 1.78. The number of rotatable bonds is 4. The lowest BCUT2D eigenvalue weighted by Crippen LogP contribution is -2.34. The maximum atomic E-state index is 11.7. The summed E-state index contributed by atoms with van der Waals surface area (Å²) in [6, 6.07) is 16.0. The van der Waals surface area contributed by atoms with Gasteiger partial charge in [0.2, 0.25) is 0 Å². The maximum Gasteiger partial charge on any atom is 0.315 e. The minimum absolute atomic E-state index is 0.145. The molecule has 0 fully saturated rings. The van der Waals surface area contributed by atoms with Crippen LogP contribution in [0.3, 0.4) is 0 Å². The molecule has 0 unspecified atom stereocenters. The first-order valence-corrected chi connectivity index (χ1v) is 6.77. The number of carbonyl (C=O) groups excluding carboxylic acids is 1. The lowest BCUT2D eigenvalue weighted by Gasteiger charge is -2.09. The SMILES string of the molecule is Cc1ccc(CNC(=O)NCc2ccccc2C)cc1. The van der Waals surface area contributed by atoms with E-state index in [1.54, 1.807) is 0 Å². The van der Waals surface area contributed by atoms with E-state index in [0.29, 0.717) is 13.1 Å². The van der Waals surface area contributed by atoms with Crippen LogP contribution in [0.2, 0.25) is 0 Å². The Morgan fingerprint density at radius 3 is 2.25 bits per heavy atom. The molecule has 3 heteroatoms. The molecule has 2 aromatic rings. The second kappa shape index (κ2) is 6.75. The second-order valence-corrected chi connectivity index (χ2v) is 4.95. The van der Waals surface area contributed by atoms with Crippen molar-refractivity contribution >= 4 is 6.03 Å². The third-order valence-corrected chi connectivity index (χ3v) is 3.27. The van der Waals surface area contributed by atoms with E-state index in [-0.39, 0.29) is 6.03 Å². The van der Waals surface area contributed by atoms with Gasteiger partial charge in [0.1, 0.15) is 0 Å². The fraction of sp³-hybridized carbons (Fsp3) is 0.235. The summed E-state index contributed by atoms with van der Waals surface area (Å²) >= 11 is 0. The minimum atomic E-state index is -0.145. The van der Waals surface area contributed by atoms with E-state index < -0.39 is 0 Å². The molecule has 0 aliphatic carbocycles. The third-order valence-electron chi connectivity index (χ3n) is 3.27. The standard InChI is InChI=1S/C17H20N2O/c1-13-7-9-15(10-8-13)11-18-17(20)19-12-16-6-4-3-5-14(16)2/h3-10H,11-12H2,1-2H3,(H2,18,19,20). The number of urea groups is 1. The van der Waals surface area contributed by atoms with Crippen molar-refractivity contribution in [1.82, 2.24) is 10.6 Å². The largest absolute Gasteiger partial charge is 0.334 e. The first-order valence-electron chi connectivity index (χ1n) is 6.77. The van der Waals surface area contributed by atoms with Crippen LogP contribution in [0.25, 0.3) is 0 Å². The Hall–Kier alpha value is -2.29. The van der Waals surface area contributed by atoms with Crippen molar-refractivity contribution < 1.29 is 4.79 Å². The molecule has 2 N–H and O–H groups in total. The van der Waals surface area contributed by atoms with Crippen LogP contribution in [0, 0.1) is 13.8 Å². The zero-order valence-corrected chi connectivity index (χ0v) is 11.9. The summed E-state index contributed by atoms with van der Waals surface area (Å²) in [7, 11) is 0. The van der Waals surface area contributed by atoms with Gasteiger partial charge in [-0.25, -0.2) is 4.79 Å². The number of carbonyl (C=O) groups is 1. The van der Waals surface area contributed by atoms with Crippen molar-refractivity contribution in [3.63, 3.8) is 0 Å². The average Bonchev–Trinajstić information content (AvgIpc) is 2.46.